The molecule has 0 spiro atoms. The number of carbonyl (C=O) groups excluding carboxylic acids is 3. The summed E-state index contributed by atoms with van der Waals surface area (Å²) in [6, 6.07) is -0.284. The summed E-state index contributed by atoms with van der Waals surface area (Å²) >= 11 is 1.56. The maximum atomic E-state index is 13.4. The summed E-state index contributed by atoms with van der Waals surface area (Å²) in [7, 11) is 0. The normalized spacial score (nSPS) is 25.9. The van der Waals surface area contributed by atoms with Crippen LogP contribution in [0.1, 0.15) is 62.4 Å². The lowest BCUT2D eigenvalue weighted by atomic mass is 9.75. The van der Waals surface area contributed by atoms with E-state index in [1.54, 1.807) is 16.8 Å². The second-order valence-electron chi connectivity index (χ2n) is 8.90. The van der Waals surface area contributed by atoms with E-state index in [0.29, 0.717) is 38.4 Å². The summed E-state index contributed by atoms with van der Waals surface area (Å²) in [4.78, 5) is 47.6. The van der Waals surface area contributed by atoms with Crippen LogP contribution in [0.4, 0.5) is 4.79 Å². The van der Waals surface area contributed by atoms with Gasteiger partial charge >= 0.3 is 6.03 Å². The van der Waals surface area contributed by atoms with E-state index >= 15 is 0 Å². The topological polar surface area (TPSA) is 82.6 Å². The van der Waals surface area contributed by atoms with Crippen molar-refractivity contribution in [3.05, 3.63) is 16.1 Å². The molecule has 0 unspecified atom stereocenters. The molecule has 164 valence electrons. The molecule has 4 amide bonds. The number of aromatic nitrogens is 1. The second-order valence-corrected chi connectivity index (χ2v) is 9.84. The zero-order valence-electron chi connectivity index (χ0n) is 18.0. The van der Waals surface area contributed by atoms with Crippen LogP contribution in [-0.4, -0.2) is 57.8 Å². The summed E-state index contributed by atoms with van der Waals surface area (Å²) < 4.78 is 0. The first kappa shape index (κ1) is 21.3. The van der Waals surface area contributed by atoms with Crippen LogP contribution in [-0.2, 0) is 16.0 Å². The summed E-state index contributed by atoms with van der Waals surface area (Å²) in [5.74, 6) is 0.458. The Bertz CT molecular complexity index is 811. The molecule has 7 nitrogen and oxygen atoms in total. The Labute approximate surface area is 182 Å². The molecule has 1 atom stereocenters. The highest BCUT2D eigenvalue weighted by molar-refractivity contribution is 7.09. The van der Waals surface area contributed by atoms with E-state index in [4.69, 9.17) is 0 Å². The first-order valence-corrected chi connectivity index (χ1v) is 12.2. The number of imide groups is 1. The van der Waals surface area contributed by atoms with Gasteiger partial charge in [-0.1, -0.05) is 19.8 Å². The lowest BCUT2D eigenvalue weighted by Crippen LogP contribution is -2.56. The number of rotatable bonds is 6. The number of carbonyl (C=O) groups is 3. The number of urea groups is 1. The van der Waals surface area contributed by atoms with Crippen molar-refractivity contribution in [3.63, 3.8) is 0 Å². The van der Waals surface area contributed by atoms with E-state index in [2.05, 4.69) is 10.3 Å². The SMILES string of the molecule is CC[C@@]1(C2CCN(C(=O)C3CCCC3)CC2)NC(=O)N(CCc2scnc2C)C1=O. The maximum Gasteiger partial charge on any atom is 0.325 e. The number of hydrogen-bond donors (Lipinski definition) is 1. The van der Waals surface area contributed by atoms with Gasteiger partial charge in [0.1, 0.15) is 5.54 Å². The number of nitrogens with zero attached hydrogens (tertiary/aromatic N) is 3. The van der Waals surface area contributed by atoms with Crippen LogP contribution in [0, 0.1) is 18.8 Å². The minimum Gasteiger partial charge on any atom is -0.342 e. The van der Waals surface area contributed by atoms with Crippen molar-refractivity contribution in [2.75, 3.05) is 19.6 Å². The highest BCUT2D eigenvalue weighted by Crippen LogP contribution is 2.37. The Morgan fingerprint density at radius 3 is 2.53 bits per heavy atom. The van der Waals surface area contributed by atoms with E-state index in [9.17, 15) is 14.4 Å². The van der Waals surface area contributed by atoms with Crippen molar-refractivity contribution in [1.29, 1.82) is 0 Å². The van der Waals surface area contributed by atoms with Crippen LogP contribution in [0.3, 0.4) is 0 Å². The van der Waals surface area contributed by atoms with Crippen LogP contribution >= 0.6 is 11.3 Å². The molecule has 1 aromatic rings. The number of piperidine rings is 1. The van der Waals surface area contributed by atoms with Gasteiger partial charge in [-0.15, -0.1) is 11.3 Å². The van der Waals surface area contributed by atoms with E-state index in [0.717, 1.165) is 49.1 Å². The van der Waals surface area contributed by atoms with Crippen LogP contribution in [0.25, 0.3) is 0 Å². The molecule has 1 saturated carbocycles. The summed E-state index contributed by atoms with van der Waals surface area (Å²) in [6.07, 6.45) is 7.09. The molecule has 2 saturated heterocycles. The molecule has 3 aliphatic rings. The average molecular weight is 433 g/mol. The fourth-order valence-electron chi connectivity index (χ4n) is 5.46. The first-order valence-electron chi connectivity index (χ1n) is 11.3. The van der Waals surface area contributed by atoms with E-state index in [1.165, 1.54) is 4.90 Å². The number of nitrogens with one attached hydrogen (secondary N) is 1. The number of thiazole rings is 1. The minimum absolute atomic E-state index is 0.0710. The largest absolute Gasteiger partial charge is 0.342 e. The quantitative estimate of drug-likeness (QED) is 0.700. The van der Waals surface area contributed by atoms with Crippen molar-refractivity contribution >= 4 is 29.2 Å². The molecule has 0 radical (unpaired) electrons. The molecule has 1 aliphatic carbocycles. The molecule has 8 heteroatoms. The lowest BCUT2D eigenvalue weighted by Gasteiger charge is -2.41. The number of amides is 4. The molecule has 4 rings (SSSR count). The zero-order chi connectivity index (χ0) is 21.3. The zero-order valence-corrected chi connectivity index (χ0v) is 18.8. The minimum atomic E-state index is -0.831. The smallest absolute Gasteiger partial charge is 0.325 e. The third kappa shape index (κ3) is 3.74. The van der Waals surface area contributed by atoms with Crippen LogP contribution in [0.5, 0.6) is 0 Å². The summed E-state index contributed by atoms with van der Waals surface area (Å²) in [6.45, 7) is 5.68. The Hall–Kier alpha value is -1.96. The predicted octanol–water partition coefficient (Wildman–Crippen LogP) is 3.12. The van der Waals surface area contributed by atoms with Gasteiger partial charge in [0.05, 0.1) is 11.2 Å². The molecular weight excluding hydrogens is 400 g/mol. The van der Waals surface area contributed by atoms with E-state index in [-0.39, 0.29) is 23.8 Å². The Balaban J connectivity index is 1.39. The molecule has 1 N–H and O–H groups in total. The van der Waals surface area contributed by atoms with Gasteiger partial charge in [0, 0.05) is 36.9 Å². The third-order valence-corrected chi connectivity index (χ3v) is 8.37. The fraction of sp³-hybridized carbons (Fsp3) is 0.727. The van der Waals surface area contributed by atoms with Crippen molar-refractivity contribution in [2.45, 2.75) is 70.8 Å². The average Bonchev–Trinajstić information content (AvgIpc) is 3.48. The first-order chi connectivity index (χ1) is 14.5. The Morgan fingerprint density at radius 1 is 1.23 bits per heavy atom. The highest BCUT2D eigenvalue weighted by Gasteiger charge is 2.54. The van der Waals surface area contributed by atoms with Gasteiger partial charge < -0.3 is 10.2 Å². The lowest BCUT2D eigenvalue weighted by molar-refractivity contribution is -0.138. The highest BCUT2D eigenvalue weighted by atomic mass is 32.1. The summed E-state index contributed by atoms with van der Waals surface area (Å²) in [5, 5.41) is 3.05. The fourth-order valence-corrected chi connectivity index (χ4v) is 6.23. The van der Waals surface area contributed by atoms with Gasteiger partial charge in [0.15, 0.2) is 0 Å². The van der Waals surface area contributed by atoms with Gasteiger partial charge in [0.25, 0.3) is 5.91 Å². The van der Waals surface area contributed by atoms with Crippen molar-refractivity contribution < 1.29 is 14.4 Å². The van der Waals surface area contributed by atoms with Gasteiger partial charge in [-0.3, -0.25) is 14.5 Å². The van der Waals surface area contributed by atoms with Gasteiger partial charge in [-0.25, -0.2) is 9.78 Å². The monoisotopic (exact) mass is 432 g/mol. The van der Waals surface area contributed by atoms with Crippen molar-refractivity contribution in [3.8, 4) is 0 Å². The second kappa shape index (κ2) is 8.65. The number of likely N-dealkylation sites (tertiary alicyclic amines) is 1. The maximum absolute atomic E-state index is 13.4. The van der Waals surface area contributed by atoms with E-state index < -0.39 is 5.54 Å². The molecular formula is C22H32N4O3S. The standard InChI is InChI=1S/C22H32N4O3S/c1-3-22(17-8-11-25(12-9-17)19(27)16-6-4-5-7-16)20(28)26(21(29)24-22)13-10-18-15(2)23-14-30-18/h14,16-17H,3-13H2,1-2H3,(H,24,29)/t22-/m0/s1. The molecule has 2 aliphatic heterocycles. The molecule has 3 fully saturated rings. The van der Waals surface area contributed by atoms with Crippen molar-refractivity contribution in [2.24, 2.45) is 11.8 Å². The summed E-state index contributed by atoms with van der Waals surface area (Å²) in [5.41, 5.74) is 1.93. The van der Waals surface area contributed by atoms with Crippen LogP contribution in [0.15, 0.2) is 5.51 Å². The molecule has 3 heterocycles. The molecule has 1 aromatic heterocycles. The van der Waals surface area contributed by atoms with Gasteiger partial charge in [-0.2, -0.15) is 0 Å². The van der Waals surface area contributed by atoms with Crippen LogP contribution in [0.2, 0.25) is 0 Å². The predicted molar refractivity (Wildman–Crippen MR) is 115 cm³/mol. The number of hydrogen-bond acceptors (Lipinski definition) is 5. The molecule has 0 aromatic carbocycles. The van der Waals surface area contributed by atoms with Gasteiger partial charge in [0.2, 0.25) is 5.91 Å². The Morgan fingerprint density at radius 2 is 1.93 bits per heavy atom. The van der Waals surface area contributed by atoms with E-state index in [1.807, 2.05) is 18.7 Å². The van der Waals surface area contributed by atoms with Crippen molar-refractivity contribution in [1.82, 2.24) is 20.1 Å². The number of aryl methyl sites for hydroxylation is 1. The Kier molecular flexibility index (Phi) is 6.14. The third-order valence-electron chi connectivity index (χ3n) is 7.37. The molecule has 0 bridgehead atoms. The van der Waals surface area contributed by atoms with Crippen LogP contribution < -0.4 is 5.32 Å². The molecule has 30 heavy (non-hydrogen) atoms. The van der Waals surface area contributed by atoms with Gasteiger partial charge in [-0.05, 0) is 44.9 Å².